The smallest absolute Gasteiger partial charge is 0.133 e. The number of anilines is 1. The minimum Gasteiger partial charge on any atom is -0.377 e. The van der Waals surface area contributed by atoms with Crippen molar-refractivity contribution in [1.82, 2.24) is 10.3 Å². The first-order valence-corrected chi connectivity index (χ1v) is 7.86. The second-order valence-corrected chi connectivity index (χ2v) is 5.33. The van der Waals surface area contributed by atoms with Gasteiger partial charge in [-0.15, -0.1) is 0 Å². The summed E-state index contributed by atoms with van der Waals surface area (Å²) >= 11 is 0. The van der Waals surface area contributed by atoms with Gasteiger partial charge in [-0.1, -0.05) is 13.0 Å². The first kappa shape index (κ1) is 15.3. The van der Waals surface area contributed by atoms with Gasteiger partial charge in [0.05, 0.1) is 6.10 Å². The summed E-state index contributed by atoms with van der Waals surface area (Å²) in [5.74, 6) is 1.13. The van der Waals surface area contributed by atoms with E-state index in [-0.39, 0.29) is 0 Å². The maximum atomic E-state index is 5.79. The van der Waals surface area contributed by atoms with Crippen LogP contribution in [-0.2, 0) is 11.3 Å². The average Bonchev–Trinajstić information content (AvgIpc) is 2.49. The van der Waals surface area contributed by atoms with E-state index in [0.29, 0.717) is 6.10 Å². The maximum absolute atomic E-state index is 5.79. The second kappa shape index (κ2) is 8.22. The fourth-order valence-electron chi connectivity index (χ4n) is 2.76. The number of ether oxygens (including phenoxy) is 1. The molecule has 1 aromatic heterocycles. The molecule has 0 spiro atoms. The Hall–Kier alpha value is -1.13. The number of hydrogen-bond donors (Lipinski definition) is 1. The Balaban J connectivity index is 2.03. The third kappa shape index (κ3) is 4.18. The van der Waals surface area contributed by atoms with Crippen LogP contribution in [0, 0.1) is 0 Å². The minimum atomic E-state index is 0.354. The molecule has 2 heterocycles. The Labute approximate surface area is 122 Å². The van der Waals surface area contributed by atoms with Crippen molar-refractivity contribution in [3.05, 3.63) is 23.9 Å². The normalized spacial score (nSPS) is 19.3. The fourth-order valence-corrected chi connectivity index (χ4v) is 2.76. The van der Waals surface area contributed by atoms with Crippen LogP contribution in [0.2, 0.25) is 0 Å². The number of piperidine rings is 1. The van der Waals surface area contributed by atoms with Gasteiger partial charge in [0.2, 0.25) is 0 Å². The molecule has 0 radical (unpaired) electrons. The van der Waals surface area contributed by atoms with Gasteiger partial charge < -0.3 is 15.0 Å². The van der Waals surface area contributed by atoms with Crippen LogP contribution in [0.4, 0.5) is 5.82 Å². The van der Waals surface area contributed by atoms with Crippen molar-refractivity contribution in [2.75, 3.05) is 31.1 Å². The molecule has 1 saturated heterocycles. The van der Waals surface area contributed by atoms with Gasteiger partial charge in [-0.25, -0.2) is 4.98 Å². The lowest BCUT2D eigenvalue weighted by Gasteiger charge is -2.34. The number of pyridine rings is 1. The van der Waals surface area contributed by atoms with Crippen molar-refractivity contribution < 1.29 is 4.74 Å². The second-order valence-electron chi connectivity index (χ2n) is 5.33. The number of aromatic nitrogens is 1. The van der Waals surface area contributed by atoms with Crippen molar-refractivity contribution in [2.45, 2.75) is 45.8 Å². The van der Waals surface area contributed by atoms with Crippen molar-refractivity contribution in [3.8, 4) is 0 Å². The SMILES string of the molecule is CCCNCc1cccnc1N1CCCC(OCC)C1. The molecule has 1 aromatic rings. The van der Waals surface area contributed by atoms with Crippen LogP contribution in [0.1, 0.15) is 38.7 Å². The Morgan fingerprint density at radius 1 is 1.45 bits per heavy atom. The van der Waals surface area contributed by atoms with Crippen LogP contribution in [0.25, 0.3) is 0 Å². The van der Waals surface area contributed by atoms with E-state index in [0.717, 1.165) is 45.0 Å². The summed E-state index contributed by atoms with van der Waals surface area (Å²) in [4.78, 5) is 6.99. The predicted octanol–water partition coefficient (Wildman–Crippen LogP) is 2.59. The van der Waals surface area contributed by atoms with E-state index in [1.54, 1.807) is 0 Å². The Bertz CT molecular complexity index is 395. The zero-order valence-electron chi connectivity index (χ0n) is 12.8. The van der Waals surface area contributed by atoms with Gasteiger partial charge in [0.15, 0.2) is 0 Å². The van der Waals surface area contributed by atoms with Gasteiger partial charge in [0.25, 0.3) is 0 Å². The van der Waals surface area contributed by atoms with Gasteiger partial charge in [-0.05, 0) is 38.8 Å². The average molecular weight is 277 g/mol. The Morgan fingerprint density at radius 2 is 2.35 bits per heavy atom. The molecule has 1 fully saturated rings. The van der Waals surface area contributed by atoms with E-state index in [4.69, 9.17) is 4.74 Å². The predicted molar refractivity (Wildman–Crippen MR) is 83.1 cm³/mol. The van der Waals surface area contributed by atoms with Crippen molar-refractivity contribution in [3.63, 3.8) is 0 Å². The maximum Gasteiger partial charge on any atom is 0.133 e. The number of nitrogens with zero attached hydrogens (tertiary/aromatic N) is 2. The summed E-state index contributed by atoms with van der Waals surface area (Å²) in [6, 6.07) is 4.20. The molecule has 1 aliphatic rings. The largest absolute Gasteiger partial charge is 0.377 e. The Morgan fingerprint density at radius 3 is 3.15 bits per heavy atom. The van der Waals surface area contributed by atoms with Crippen LogP contribution in [0.3, 0.4) is 0 Å². The quantitative estimate of drug-likeness (QED) is 0.777. The first-order chi connectivity index (χ1) is 9.85. The molecule has 4 nitrogen and oxygen atoms in total. The van der Waals surface area contributed by atoms with Crippen LogP contribution < -0.4 is 10.2 Å². The standard InChI is InChI=1S/C16H27N3O/c1-3-9-17-12-14-7-5-10-18-16(14)19-11-6-8-15(13-19)20-4-2/h5,7,10,15,17H,3-4,6,8-9,11-13H2,1-2H3. The topological polar surface area (TPSA) is 37.4 Å². The van der Waals surface area contributed by atoms with Crippen molar-refractivity contribution >= 4 is 5.82 Å². The first-order valence-electron chi connectivity index (χ1n) is 7.86. The molecule has 0 amide bonds. The molecule has 0 bridgehead atoms. The lowest BCUT2D eigenvalue weighted by Crippen LogP contribution is -2.40. The third-order valence-electron chi connectivity index (χ3n) is 3.69. The zero-order valence-corrected chi connectivity index (χ0v) is 12.8. The summed E-state index contributed by atoms with van der Waals surface area (Å²) in [5.41, 5.74) is 1.29. The molecule has 1 atom stereocenters. The third-order valence-corrected chi connectivity index (χ3v) is 3.69. The van der Waals surface area contributed by atoms with Gasteiger partial charge in [-0.3, -0.25) is 0 Å². The molecule has 0 saturated carbocycles. The van der Waals surface area contributed by atoms with Gasteiger partial charge >= 0.3 is 0 Å². The van der Waals surface area contributed by atoms with Crippen molar-refractivity contribution in [1.29, 1.82) is 0 Å². The van der Waals surface area contributed by atoms with E-state index < -0.39 is 0 Å². The number of hydrogen-bond acceptors (Lipinski definition) is 4. The highest BCUT2D eigenvalue weighted by Crippen LogP contribution is 2.22. The van der Waals surface area contributed by atoms with Gasteiger partial charge in [-0.2, -0.15) is 0 Å². The zero-order chi connectivity index (χ0) is 14.2. The summed E-state index contributed by atoms with van der Waals surface area (Å²) in [6.45, 7) is 9.05. The van der Waals surface area contributed by atoms with E-state index in [2.05, 4.69) is 35.1 Å². The summed E-state index contributed by atoms with van der Waals surface area (Å²) in [5, 5.41) is 3.47. The molecule has 1 aliphatic heterocycles. The molecule has 1 unspecified atom stereocenters. The summed E-state index contributed by atoms with van der Waals surface area (Å²) in [6.07, 6.45) is 5.76. The molecule has 112 valence electrons. The van der Waals surface area contributed by atoms with Crippen molar-refractivity contribution in [2.24, 2.45) is 0 Å². The minimum absolute atomic E-state index is 0.354. The highest BCUT2D eigenvalue weighted by Gasteiger charge is 2.22. The van der Waals surface area contributed by atoms with Crippen LogP contribution in [0.15, 0.2) is 18.3 Å². The number of rotatable bonds is 7. The lowest BCUT2D eigenvalue weighted by atomic mass is 10.1. The molecule has 1 N–H and O–H groups in total. The fraction of sp³-hybridized carbons (Fsp3) is 0.688. The highest BCUT2D eigenvalue weighted by molar-refractivity contribution is 5.47. The summed E-state index contributed by atoms with van der Waals surface area (Å²) in [7, 11) is 0. The van der Waals surface area contributed by atoms with E-state index in [1.165, 1.54) is 18.4 Å². The van der Waals surface area contributed by atoms with Gasteiger partial charge in [0.1, 0.15) is 5.82 Å². The number of nitrogens with one attached hydrogen (secondary N) is 1. The monoisotopic (exact) mass is 277 g/mol. The molecule has 2 rings (SSSR count). The molecule has 0 aliphatic carbocycles. The van der Waals surface area contributed by atoms with E-state index >= 15 is 0 Å². The summed E-state index contributed by atoms with van der Waals surface area (Å²) < 4.78 is 5.79. The molecule has 4 heteroatoms. The lowest BCUT2D eigenvalue weighted by molar-refractivity contribution is 0.0525. The molecule has 20 heavy (non-hydrogen) atoms. The van der Waals surface area contributed by atoms with Gasteiger partial charge in [0, 0.05) is 38.0 Å². The highest BCUT2D eigenvalue weighted by atomic mass is 16.5. The van der Waals surface area contributed by atoms with E-state index in [9.17, 15) is 0 Å². The molecular formula is C16H27N3O. The molecular weight excluding hydrogens is 250 g/mol. The molecule has 0 aromatic carbocycles. The van der Waals surface area contributed by atoms with Crippen LogP contribution >= 0.6 is 0 Å². The van der Waals surface area contributed by atoms with Crippen LogP contribution in [-0.4, -0.2) is 37.3 Å². The van der Waals surface area contributed by atoms with Crippen LogP contribution in [0.5, 0.6) is 0 Å². The Kier molecular flexibility index (Phi) is 6.27. The van der Waals surface area contributed by atoms with E-state index in [1.807, 2.05) is 12.3 Å².